The molecule has 0 aliphatic carbocycles. The number of rotatable bonds is 8. The van der Waals surface area contributed by atoms with Gasteiger partial charge in [-0.15, -0.1) is 0 Å². The largest absolute Gasteiger partial charge is 0.369 e. The average Bonchev–Trinajstić information content (AvgIpc) is 2.55. The molecule has 1 N–H and O–H groups in total. The Hall–Kier alpha value is -2.14. The van der Waals surface area contributed by atoms with E-state index in [4.69, 9.17) is 0 Å². The SMILES string of the molecule is CCC(CCN(C)C)N(C)c1cnc2ccccc2c1NC=O. The highest BCUT2D eigenvalue weighted by atomic mass is 16.1. The van der Waals surface area contributed by atoms with E-state index >= 15 is 0 Å². The third-order valence-electron chi connectivity index (χ3n) is 4.27. The van der Waals surface area contributed by atoms with Gasteiger partial charge in [0.25, 0.3) is 0 Å². The molecule has 2 rings (SSSR count). The molecule has 0 bridgehead atoms. The number of fused-ring (bicyclic) bond motifs is 1. The van der Waals surface area contributed by atoms with Crippen LogP contribution in [0.4, 0.5) is 11.4 Å². The van der Waals surface area contributed by atoms with Gasteiger partial charge in [0.05, 0.1) is 23.1 Å². The lowest BCUT2D eigenvalue weighted by atomic mass is 10.1. The summed E-state index contributed by atoms with van der Waals surface area (Å²) in [6.07, 6.45) is 4.69. The summed E-state index contributed by atoms with van der Waals surface area (Å²) in [4.78, 5) is 20.1. The van der Waals surface area contributed by atoms with Crippen molar-refractivity contribution in [1.29, 1.82) is 0 Å². The Labute approximate surface area is 138 Å². The Bertz CT molecular complexity index is 657. The first-order valence-corrected chi connectivity index (χ1v) is 8.04. The highest BCUT2D eigenvalue weighted by Crippen LogP contribution is 2.33. The average molecular weight is 314 g/mol. The maximum atomic E-state index is 11.1. The van der Waals surface area contributed by atoms with Gasteiger partial charge in [0.1, 0.15) is 0 Å². The molecule has 1 amide bonds. The van der Waals surface area contributed by atoms with Crippen LogP contribution in [0.1, 0.15) is 19.8 Å². The molecule has 1 aromatic heterocycles. The number of anilines is 2. The second-order valence-corrected chi connectivity index (χ2v) is 6.06. The summed E-state index contributed by atoms with van der Waals surface area (Å²) >= 11 is 0. The summed E-state index contributed by atoms with van der Waals surface area (Å²) in [6, 6.07) is 8.26. The van der Waals surface area contributed by atoms with Gasteiger partial charge in [-0.3, -0.25) is 9.78 Å². The summed E-state index contributed by atoms with van der Waals surface area (Å²) < 4.78 is 0. The van der Waals surface area contributed by atoms with Crippen LogP contribution in [0.25, 0.3) is 10.9 Å². The van der Waals surface area contributed by atoms with Crippen molar-refractivity contribution in [1.82, 2.24) is 9.88 Å². The molecular weight excluding hydrogens is 288 g/mol. The fourth-order valence-corrected chi connectivity index (χ4v) is 2.88. The smallest absolute Gasteiger partial charge is 0.211 e. The molecule has 1 heterocycles. The monoisotopic (exact) mass is 314 g/mol. The second-order valence-electron chi connectivity index (χ2n) is 6.06. The van der Waals surface area contributed by atoms with Crippen LogP contribution in [0.15, 0.2) is 30.5 Å². The molecule has 0 spiro atoms. The number of pyridine rings is 1. The van der Waals surface area contributed by atoms with Gasteiger partial charge in [-0.05, 0) is 39.5 Å². The molecule has 0 saturated carbocycles. The number of amides is 1. The van der Waals surface area contributed by atoms with Crippen molar-refractivity contribution in [2.75, 3.05) is 37.9 Å². The molecule has 1 aromatic carbocycles. The van der Waals surface area contributed by atoms with E-state index in [1.165, 1.54) is 0 Å². The van der Waals surface area contributed by atoms with Crippen molar-refractivity contribution in [2.24, 2.45) is 0 Å². The van der Waals surface area contributed by atoms with Gasteiger partial charge in [0.2, 0.25) is 6.41 Å². The lowest BCUT2D eigenvalue weighted by Crippen LogP contribution is -2.34. The molecule has 0 fully saturated rings. The molecule has 0 radical (unpaired) electrons. The third-order valence-corrected chi connectivity index (χ3v) is 4.27. The number of hydrogen-bond donors (Lipinski definition) is 1. The molecule has 1 unspecified atom stereocenters. The zero-order valence-electron chi connectivity index (χ0n) is 14.4. The number of hydrogen-bond acceptors (Lipinski definition) is 4. The molecule has 0 aliphatic heterocycles. The fourth-order valence-electron chi connectivity index (χ4n) is 2.88. The van der Waals surface area contributed by atoms with E-state index in [1.807, 2.05) is 30.5 Å². The van der Waals surface area contributed by atoms with Crippen LogP contribution < -0.4 is 10.2 Å². The maximum absolute atomic E-state index is 11.1. The molecule has 0 saturated heterocycles. The van der Waals surface area contributed by atoms with Crippen LogP contribution in [0, 0.1) is 0 Å². The molecule has 5 heteroatoms. The summed E-state index contributed by atoms with van der Waals surface area (Å²) in [7, 11) is 6.25. The van der Waals surface area contributed by atoms with Crippen molar-refractivity contribution >= 4 is 28.7 Å². The van der Waals surface area contributed by atoms with E-state index in [-0.39, 0.29) is 0 Å². The first-order chi connectivity index (χ1) is 11.1. The Kier molecular flexibility index (Phi) is 5.93. The number of benzene rings is 1. The summed E-state index contributed by atoms with van der Waals surface area (Å²) in [6.45, 7) is 3.22. The minimum absolute atomic E-state index is 0.396. The van der Waals surface area contributed by atoms with Crippen molar-refractivity contribution in [3.05, 3.63) is 30.5 Å². The lowest BCUT2D eigenvalue weighted by Gasteiger charge is -2.31. The Morgan fingerprint density at radius 3 is 2.65 bits per heavy atom. The second kappa shape index (κ2) is 7.92. The molecule has 2 aromatic rings. The number of carbonyl (C=O) groups is 1. The molecule has 1 atom stereocenters. The highest BCUT2D eigenvalue weighted by Gasteiger charge is 2.18. The van der Waals surface area contributed by atoms with Crippen molar-refractivity contribution in [3.8, 4) is 0 Å². The van der Waals surface area contributed by atoms with Crippen LogP contribution in [0.2, 0.25) is 0 Å². The molecule has 23 heavy (non-hydrogen) atoms. The van der Waals surface area contributed by atoms with Gasteiger partial charge < -0.3 is 15.1 Å². The van der Waals surface area contributed by atoms with Crippen LogP contribution in [0.3, 0.4) is 0 Å². The normalized spacial score (nSPS) is 12.4. The fraction of sp³-hybridized carbons (Fsp3) is 0.444. The molecular formula is C18H26N4O. The van der Waals surface area contributed by atoms with Crippen molar-refractivity contribution in [2.45, 2.75) is 25.8 Å². The topological polar surface area (TPSA) is 48.5 Å². The minimum Gasteiger partial charge on any atom is -0.369 e. The molecule has 5 nitrogen and oxygen atoms in total. The first kappa shape index (κ1) is 17.2. The minimum atomic E-state index is 0.396. The van der Waals surface area contributed by atoms with E-state index in [0.29, 0.717) is 6.04 Å². The zero-order chi connectivity index (χ0) is 16.8. The summed E-state index contributed by atoms with van der Waals surface area (Å²) in [5, 5.41) is 3.84. The predicted molar refractivity (Wildman–Crippen MR) is 97.1 cm³/mol. The quantitative estimate of drug-likeness (QED) is 0.761. The van der Waals surface area contributed by atoms with E-state index in [9.17, 15) is 4.79 Å². The predicted octanol–water partition coefficient (Wildman–Crippen LogP) is 2.97. The number of nitrogens with zero attached hydrogens (tertiary/aromatic N) is 3. The van der Waals surface area contributed by atoms with E-state index < -0.39 is 0 Å². The van der Waals surface area contributed by atoms with Gasteiger partial charge in [0, 0.05) is 18.5 Å². The number of nitrogens with one attached hydrogen (secondary N) is 1. The van der Waals surface area contributed by atoms with Crippen LogP contribution in [-0.4, -0.2) is 50.0 Å². The molecule has 0 aliphatic rings. The van der Waals surface area contributed by atoms with E-state index in [1.54, 1.807) is 0 Å². The van der Waals surface area contributed by atoms with Gasteiger partial charge in [-0.25, -0.2) is 0 Å². The lowest BCUT2D eigenvalue weighted by molar-refractivity contribution is -0.105. The van der Waals surface area contributed by atoms with Crippen molar-refractivity contribution in [3.63, 3.8) is 0 Å². The van der Waals surface area contributed by atoms with E-state index in [2.05, 4.69) is 48.2 Å². The third kappa shape index (κ3) is 3.99. The Morgan fingerprint density at radius 1 is 1.26 bits per heavy atom. The highest BCUT2D eigenvalue weighted by molar-refractivity contribution is 6.01. The Morgan fingerprint density at radius 2 is 2.00 bits per heavy atom. The first-order valence-electron chi connectivity index (χ1n) is 8.04. The van der Waals surface area contributed by atoms with Gasteiger partial charge in [0.15, 0.2) is 0 Å². The van der Waals surface area contributed by atoms with Crippen LogP contribution in [-0.2, 0) is 4.79 Å². The van der Waals surface area contributed by atoms with E-state index in [0.717, 1.165) is 48.1 Å². The number of para-hydroxylation sites is 1. The zero-order valence-corrected chi connectivity index (χ0v) is 14.4. The van der Waals surface area contributed by atoms with Gasteiger partial charge in [-0.2, -0.15) is 0 Å². The van der Waals surface area contributed by atoms with Gasteiger partial charge >= 0.3 is 0 Å². The number of aromatic nitrogens is 1. The van der Waals surface area contributed by atoms with Crippen LogP contribution >= 0.6 is 0 Å². The Balaban J connectivity index is 2.40. The maximum Gasteiger partial charge on any atom is 0.211 e. The van der Waals surface area contributed by atoms with Crippen LogP contribution in [0.5, 0.6) is 0 Å². The standard InChI is InChI=1S/C18H26N4O/c1-5-14(10-11-21(2)3)22(4)17-12-19-16-9-7-6-8-15(16)18(17)20-13-23/h6-9,12-14H,5,10-11H2,1-4H3,(H,19,20,23). The molecule has 124 valence electrons. The number of carbonyl (C=O) groups excluding carboxylic acids is 1. The van der Waals surface area contributed by atoms with Crippen molar-refractivity contribution < 1.29 is 4.79 Å². The summed E-state index contributed by atoms with van der Waals surface area (Å²) in [5.41, 5.74) is 2.67. The van der Waals surface area contributed by atoms with Gasteiger partial charge in [-0.1, -0.05) is 25.1 Å². The summed E-state index contributed by atoms with van der Waals surface area (Å²) in [5.74, 6) is 0.